The average molecular weight is 377 g/mol. The summed E-state index contributed by atoms with van der Waals surface area (Å²) in [5, 5.41) is 2.63. The smallest absolute Gasteiger partial charge is 0.344 e. The van der Waals surface area contributed by atoms with Gasteiger partial charge in [-0.3, -0.25) is 9.59 Å². The van der Waals surface area contributed by atoms with Crippen LogP contribution in [0.4, 0.5) is 19.0 Å². The molecular weight excluding hydrogens is 359 g/mol. The van der Waals surface area contributed by atoms with Gasteiger partial charge >= 0.3 is 6.18 Å². The van der Waals surface area contributed by atoms with E-state index in [2.05, 4.69) is 10.3 Å². The lowest BCUT2D eigenvalue weighted by atomic mass is 9.87. The summed E-state index contributed by atoms with van der Waals surface area (Å²) >= 11 is 0. The lowest BCUT2D eigenvalue weighted by Crippen LogP contribution is -2.33. The van der Waals surface area contributed by atoms with Crippen LogP contribution in [-0.4, -0.2) is 35.3 Å². The van der Waals surface area contributed by atoms with Crippen LogP contribution in [-0.2, 0) is 15.8 Å². The van der Waals surface area contributed by atoms with Gasteiger partial charge < -0.3 is 10.2 Å². The molecule has 27 heavy (non-hydrogen) atoms. The molecular formula is C19H18F3N3O2. The molecule has 1 fully saturated rings. The normalized spacial score (nSPS) is 20.0. The van der Waals surface area contributed by atoms with Crippen LogP contribution in [0.15, 0.2) is 42.5 Å². The molecule has 1 aliphatic rings. The fraction of sp³-hybridized carbons (Fsp3) is 0.316. The quantitative estimate of drug-likeness (QED) is 0.836. The number of likely N-dealkylation sites (tertiary alicyclic amines) is 1. The number of benzene rings is 1. The van der Waals surface area contributed by atoms with Crippen LogP contribution in [0.1, 0.15) is 22.7 Å². The molecule has 2 aromatic rings. The topological polar surface area (TPSA) is 62.3 Å². The molecule has 142 valence electrons. The van der Waals surface area contributed by atoms with Gasteiger partial charge in [-0.05, 0) is 36.8 Å². The number of anilines is 1. The number of nitrogens with one attached hydrogen (secondary N) is 1. The summed E-state index contributed by atoms with van der Waals surface area (Å²) in [6, 6.07) is 9.70. The molecule has 8 heteroatoms. The highest BCUT2D eigenvalue weighted by atomic mass is 19.4. The second-order valence-electron chi connectivity index (χ2n) is 6.58. The molecule has 1 aromatic heterocycles. The standard InChI is InChI=1S/C19H18F3N3O2/c1-11-4-3-5-15(23-11)24-17(26)16-14(10-25(2)18(16)27)12-6-8-13(9-7-12)19(20,21)22/h3-9,14,16H,10H2,1-2H3,(H,23,24,26)/t14-,16+/m1/s1. The molecule has 2 amide bonds. The molecule has 1 aromatic carbocycles. The first-order valence-corrected chi connectivity index (χ1v) is 8.33. The molecule has 0 aliphatic carbocycles. The van der Waals surface area contributed by atoms with E-state index in [1.165, 1.54) is 17.0 Å². The Labute approximate surface area is 154 Å². The van der Waals surface area contributed by atoms with Crippen molar-refractivity contribution in [3.8, 4) is 0 Å². The number of alkyl halides is 3. The van der Waals surface area contributed by atoms with Gasteiger partial charge in [0.2, 0.25) is 11.8 Å². The number of hydrogen-bond acceptors (Lipinski definition) is 3. The van der Waals surface area contributed by atoms with E-state index < -0.39 is 29.5 Å². The van der Waals surface area contributed by atoms with Crippen molar-refractivity contribution in [3.05, 3.63) is 59.3 Å². The molecule has 0 unspecified atom stereocenters. The Hall–Kier alpha value is -2.90. The molecule has 2 heterocycles. The molecule has 0 saturated carbocycles. The minimum absolute atomic E-state index is 0.254. The molecule has 3 rings (SSSR count). The zero-order chi connectivity index (χ0) is 19.8. The maximum atomic E-state index is 12.8. The van der Waals surface area contributed by atoms with Crippen LogP contribution in [0.25, 0.3) is 0 Å². The molecule has 0 bridgehead atoms. The Morgan fingerprint density at radius 2 is 1.85 bits per heavy atom. The van der Waals surface area contributed by atoms with E-state index in [4.69, 9.17) is 0 Å². The largest absolute Gasteiger partial charge is 0.416 e. The van der Waals surface area contributed by atoms with Gasteiger partial charge in [0, 0.05) is 25.2 Å². The van der Waals surface area contributed by atoms with Gasteiger partial charge in [-0.25, -0.2) is 4.98 Å². The molecule has 1 saturated heterocycles. The van der Waals surface area contributed by atoms with Crippen molar-refractivity contribution in [2.75, 3.05) is 18.9 Å². The number of nitrogens with zero attached hydrogens (tertiary/aromatic N) is 2. The summed E-state index contributed by atoms with van der Waals surface area (Å²) in [7, 11) is 1.57. The maximum Gasteiger partial charge on any atom is 0.416 e. The van der Waals surface area contributed by atoms with Gasteiger partial charge in [0.1, 0.15) is 11.7 Å². The third kappa shape index (κ3) is 3.94. The zero-order valence-corrected chi connectivity index (χ0v) is 14.7. The van der Waals surface area contributed by atoms with Crippen molar-refractivity contribution in [3.63, 3.8) is 0 Å². The van der Waals surface area contributed by atoms with Gasteiger partial charge in [-0.15, -0.1) is 0 Å². The first kappa shape index (κ1) is 18.9. The van der Waals surface area contributed by atoms with Gasteiger partial charge in [-0.1, -0.05) is 18.2 Å². The van der Waals surface area contributed by atoms with E-state index in [9.17, 15) is 22.8 Å². The zero-order valence-electron chi connectivity index (χ0n) is 14.7. The van der Waals surface area contributed by atoms with Crippen LogP contribution in [0, 0.1) is 12.8 Å². The SMILES string of the molecule is Cc1cccc(NC(=O)[C@H]2C(=O)N(C)C[C@@H]2c2ccc(C(F)(F)F)cc2)n1. The molecule has 5 nitrogen and oxygen atoms in total. The van der Waals surface area contributed by atoms with Crippen molar-refractivity contribution in [1.82, 2.24) is 9.88 Å². The lowest BCUT2D eigenvalue weighted by Gasteiger charge is -2.17. The highest BCUT2D eigenvalue weighted by molar-refractivity contribution is 6.08. The number of aromatic nitrogens is 1. The van der Waals surface area contributed by atoms with E-state index in [0.717, 1.165) is 12.1 Å². The maximum absolute atomic E-state index is 12.8. The average Bonchev–Trinajstić information content (AvgIpc) is 2.89. The second-order valence-corrected chi connectivity index (χ2v) is 6.58. The fourth-order valence-corrected chi connectivity index (χ4v) is 3.23. The first-order chi connectivity index (χ1) is 12.7. The van der Waals surface area contributed by atoms with Crippen LogP contribution in [0.2, 0.25) is 0 Å². The predicted octanol–water partition coefficient (Wildman–Crippen LogP) is 3.22. The molecule has 1 N–H and O–H groups in total. The number of carbonyl (C=O) groups is 2. The number of rotatable bonds is 3. The van der Waals surface area contributed by atoms with E-state index in [0.29, 0.717) is 17.1 Å². The van der Waals surface area contributed by atoms with Gasteiger partial charge in [0.15, 0.2) is 0 Å². The molecule has 2 atom stereocenters. The predicted molar refractivity (Wildman–Crippen MR) is 92.9 cm³/mol. The number of hydrogen-bond donors (Lipinski definition) is 1. The summed E-state index contributed by atoms with van der Waals surface area (Å²) in [6.07, 6.45) is -4.44. The van der Waals surface area contributed by atoms with Crippen molar-refractivity contribution in [1.29, 1.82) is 0 Å². The number of carbonyl (C=O) groups excluding carboxylic acids is 2. The summed E-state index contributed by atoms with van der Waals surface area (Å²) in [5.74, 6) is -2.12. The van der Waals surface area contributed by atoms with Crippen molar-refractivity contribution < 1.29 is 22.8 Å². The molecule has 0 radical (unpaired) electrons. The van der Waals surface area contributed by atoms with Crippen molar-refractivity contribution in [2.45, 2.75) is 19.0 Å². The number of amides is 2. The van der Waals surface area contributed by atoms with E-state index >= 15 is 0 Å². The Balaban J connectivity index is 1.85. The summed E-state index contributed by atoms with van der Waals surface area (Å²) < 4.78 is 38.3. The Morgan fingerprint density at radius 3 is 2.44 bits per heavy atom. The monoisotopic (exact) mass is 377 g/mol. The van der Waals surface area contributed by atoms with Gasteiger partial charge in [-0.2, -0.15) is 13.2 Å². The highest BCUT2D eigenvalue weighted by Crippen LogP contribution is 2.36. The minimum atomic E-state index is -4.44. The molecule has 1 aliphatic heterocycles. The lowest BCUT2D eigenvalue weighted by molar-refractivity contribution is -0.138. The van der Waals surface area contributed by atoms with Crippen LogP contribution >= 0.6 is 0 Å². The number of aryl methyl sites for hydroxylation is 1. The van der Waals surface area contributed by atoms with E-state index in [1.807, 2.05) is 0 Å². The first-order valence-electron chi connectivity index (χ1n) is 8.33. The third-order valence-corrected chi connectivity index (χ3v) is 4.60. The Kier molecular flexibility index (Phi) is 4.91. The summed E-state index contributed by atoms with van der Waals surface area (Å²) in [6.45, 7) is 2.03. The number of halogens is 3. The fourth-order valence-electron chi connectivity index (χ4n) is 3.23. The number of likely N-dealkylation sites (N-methyl/N-ethyl adjacent to an activating group) is 1. The Bertz CT molecular complexity index is 865. The van der Waals surface area contributed by atoms with Gasteiger partial charge in [0.25, 0.3) is 0 Å². The van der Waals surface area contributed by atoms with Crippen LogP contribution in [0.3, 0.4) is 0 Å². The highest BCUT2D eigenvalue weighted by Gasteiger charge is 2.44. The van der Waals surface area contributed by atoms with E-state index in [-0.39, 0.29) is 12.5 Å². The second kappa shape index (κ2) is 7.02. The minimum Gasteiger partial charge on any atom is -0.344 e. The summed E-state index contributed by atoms with van der Waals surface area (Å²) in [4.78, 5) is 30.8. The number of pyridine rings is 1. The molecule has 0 spiro atoms. The van der Waals surface area contributed by atoms with Crippen LogP contribution in [0.5, 0.6) is 0 Å². The van der Waals surface area contributed by atoms with Crippen molar-refractivity contribution in [2.24, 2.45) is 5.92 Å². The van der Waals surface area contributed by atoms with E-state index in [1.54, 1.807) is 32.2 Å². The Morgan fingerprint density at radius 1 is 1.19 bits per heavy atom. The summed E-state index contributed by atoms with van der Waals surface area (Å²) in [5.41, 5.74) is 0.453. The van der Waals surface area contributed by atoms with Crippen LogP contribution < -0.4 is 5.32 Å². The van der Waals surface area contributed by atoms with Gasteiger partial charge in [0.05, 0.1) is 5.56 Å². The third-order valence-electron chi connectivity index (χ3n) is 4.60. The van der Waals surface area contributed by atoms with Crippen molar-refractivity contribution >= 4 is 17.6 Å².